The van der Waals surface area contributed by atoms with Gasteiger partial charge in [-0.25, -0.2) is 15.0 Å². The summed E-state index contributed by atoms with van der Waals surface area (Å²) in [6, 6.07) is 11.3. The number of nitrogens with zero attached hydrogens (tertiary/aromatic N) is 1. The van der Waals surface area contributed by atoms with Gasteiger partial charge in [0.2, 0.25) is 0 Å². The zero-order valence-corrected chi connectivity index (χ0v) is 25.0. The SMILES string of the molecule is CCOC(=O)c1c(NC(=O)C(=O)N/N=C\c2ccc(OC(=O)c3ccc(OCC)cc3)c(OCC)c2)sc2c1CCCC2. The van der Waals surface area contributed by atoms with Gasteiger partial charge in [0.1, 0.15) is 10.8 Å². The maximum absolute atomic E-state index is 12.7. The number of hydrogen-bond acceptors (Lipinski definition) is 10. The van der Waals surface area contributed by atoms with Crippen LogP contribution < -0.4 is 25.0 Å². The molecule has 0 atom stereocenters. The van der Waals surface area contributed by atoms with Gasteiger partial charge in [-0.2, -0.15) is 5.10 Å². The standard InChI is InChI=1S/C31H33N3O8S/c1-4-39-21-14-12-20(13-15-21)30(37)42-23-16-11-19(17-24(23)40-5-2)18-32-34-28(36)27(35)33-29-26(31(38)41-6-3)22-9-7-8-10-25(22)43-29/h11-18H,4-10H2,1-3H3,(H,33,35)(H,34,36)/b32-18-. The largest absolute Gasteiger partial charge is 0.494 e. The first-order chi connectivity index (χ1) is 20.8. The highest BCUT2D eigenvalue weighted by atomic mass is 32.1. The van der Waals surface area contributed by atoms with Crippen molar-refractivity contribution in [2.45, 2.75) is 46.5 Å². The Morgan fingerprint density at radius 2 is 1.60 bits per heavy atom. The lowest BCUT2D eigenvalue weighted by Crippen LogP contribution is -2.32. The summed E-state index contributed by atoms with van der Waals surface area (Å²) in [7, 11) is 0. The van der Waals surface area contributed by atoms with Crippen LogP contribution in [0.3, 0.4) is 0 Å². The molecule has 0 saturated carbocycles. The molecular weight excluding hydrogens is 574 g/mol. The van der Waals surface area contributed by atoms with Crippen molar-refractivity contribution in [2.24, 2.45) is 5.10 Å². The fourth-order valence-electron chi connectivity index (χ4n) is 4.42. The minimum atomic E-state index is -1.01. The van der Waals surface area contributed by atoms with Crippen molar-refractivity contribution < 1.29 is 38.1 Å². The summed E-state index contributed by atoms with van der Waals surface area (Å²) in [6.07, 6.45) is 4.78. The highest BCUT2D eigenvalue weighted by molar-refractivity contribution is 7.17. The molecule has 2 N–H and O–H groups in total. The Balaban J connectivity index is 1.39. The van der Waals surface area contributed by atoms with Gasteiger partial charge in [-0.15, -0.1) is 11.3 Å². The molecule has 0 bridgehead atoms. The van der Waals surface area contributed by atoms with E-state index in [1.807, 2.05) is 6.92 Å². The van der Waals surface area contributed by atoms with Crippen LogP contribution in [0.1, 0.15) is 70.3 Å². The van der Waals surface area contributed by atoms with E-state index in [1.54, 1.807) is 56.3 Å². The number of thiophene rings is 1. The van der Waals surface area contributed by atoms with E-state index in [2.05, 4.69) is 15.8 Å². The van der Waals surface area contributed by atoms with E-state index in [0.29, 0.717) is 46.4 Å². The molecule has 226 valence electrons. The van der Waals surface area contributed by atoms with E-state index in [4.69, 9.17) is 18.9 Å². The summed E-state index contributed by atoms with van der Waals surface area (Å²) < 4.78 is 21.8. The Kier molecular flexibility index (Phi) is 10.9. The summed E-state index contributed by atoms with van der Waals surface area (Å²) in [6.45, 7) is 6.39. The van der Waals surface area contributed by atoms with Crippen molar-refractivity contribution in [1.82, 2.24) is 5.43 Å². The number of ether oxygens (including phenoxy) is 4. The zero-order valence-electron chi connectivity index (χ0n) is 24.2. The van der Waals surface area contributed by atoms with E-state index >= 15 is 0 Å². The lowest BCUT2D eigenvalue weighted by atomic mass is 9.95. The molecule has 43 heavy (non-hydrogen) atoms. The lowest BCUT2D eigenvalue weighted by molar-refractivity contribution is -0.136. The third-order valence-corrected chi connectivity index (χ3v) is 7.54. The number of amides is 2. The molecule has 0 fully saturated rings. The molecule has 0 saturated heterocycles. The number of fused-ring (bicyclic) bond motifs is 1. The van der Waals surface area contributed by atoms with Crippen molar-refractivity contribution in [3.05, 3.63) is 69.6 Å². The molecule has 0 aliphatic heterocycles. The summed E-state index contributed by atoms with van der Waals surface area (Å²) in [5.74, 6) is -1.92. The Labute approximate surface area is 253 Å². The van der Waals surface area contributed by atoms with Gasteiger partial charge >= 0.3 is 23.8 Å². The summed E-state index contributed by atoms with van der Waals surface area (Å²) >= 11 is 1.29. The molecule has 1 aliphatic carbocycles. The molecule has 0 unspecified atom stereocenters. The minimum Gasteiger partial charge on any atom is -0.494 e. The van der Waals surface area contributed by atoms with E-state index < -0.39 is 23.8 Å². The number of carbonyl (C=O) groups is 4. The second-order valence-corrected chi connectivity index (χ2v) is 10.4. The maximum atomic E-state index is 12.7. The third-order valence-electron chi connectivity index (χ3n) is 6.34. The number of hydrogen-bond donors (Lipinski definition) is 2. The molecule has 2 amide bonds. The van der Waals surface area contributed by atoms with E-state index in [-0.39, 0.29) is 12.4 Å². The van der Waals surface area contributed by atoms with Gasteiger partial charge in [0.25, 0.3) is 0 Å². The van der Waals surface area contributed by atoms with Crippen LogP contribution in [-0.4, -0.2) is 49.8 Å². The molecule has 12 heteroatoms. The summed E-state index contributed by atoms with van der Waals surface area (Å²) in [5, 5.41) is 6.71. The molecular formula is C31H33N3O8S. The van der Waals surface area contributed by atoms with Crippen LogP contribution in [0.15, 0.2) is 47.6 Å². The van der Waals surface area contributed by atoms with Crippen molar-refractivity contribution in [1.29, 1.82) is 0 Å². The number of benzene rings is 2. The van der Waals surface area contributed by atoms with Gasteiger partial charge in [-0.05, 0) is 100 Å². The third kappa shape index (κ3) is 7.98. The van der Waals surface area contributed by atoms with Crippen molar-refractivity contribution >= 4 is 46.3 Å². The van der Waals surface area contributed by atoms with Gasteiger partial charge in [0.15, 0.2) is 11.5 Å². The Bertz CT molecular complexity index is 1510. The number of aryl methyl sites for hydroxylation is 1. The van der Waals surface area contributed by atoms with Gasteiger partial charge in [0, 0.05) is 4.88 Å². The monoisotopic (exact) mass is 607 g/mol. The van der Waals surface area contributed by atoms with Crippen LogP contribution in [0, 0.1) is 0 Å². The number of esters is 2. The molecule has 1 heterocycles. The zero-order chi connectivity index (χ0) is 30.8. The number of nitrogens with one attached hydrogen (secondary N) is 2. The van der Waals surface area contributed by atoms with Crippen LogP contribution in [-0.2, 0) is 27.2 Å². The first-order valence-electron chi connectivity index (χ1n) is 14.0. The van der Waals surface area contributed by atoms with Crippen LogP contribution in [0.5, 0.6) is 17.2 Å². The van der Waals surface area contributed by atoms with Gasteiger partial charge in [-0.1, -0.05) is 0 Å². The van der Waals surface area contributed by atoms with Crippen LogP contribution in [0.2, 0.25) is 0 Å². The molecule has 4 rings (SSSR count). The topological polar surface area (TPSA) is 142 Å². The Morgan fingerprint density at radius 3 is 2.33 bits per heavy atom. The van der Waals surface area contributed by atoms with Crippen LogP contribution in [0.25, 0.3) is 0 Å². The fourth-order valence-corrected chi connectivity index (χ4v) is 5.69. The maximum Gasteiger partial charge on any atom is 0.343 e. The molecule has 1 aromatic heterocycles. The quantitative estimate of drug-likeness (QED) is 0.103. The second-order valence-electron chi connectivity index (χ2n) is 9.27. The van der Waals surface area contributed by atoms with Crippen molar-refractivity contribution in [3.63, 3.8) is 0 Å². The number of hydrazone groups is 1. The highest BCUT2D eigenvalue weighted by Gasteiger charge is 2.28. The minimum absolute atomic E-state index is 0.198. The molecule has 0 spiro atoms. The number of carbonyl (C=O) groups excluding carboxylic acids is 4. The highest BCUT2D eigenvalue weighted by Crippen LogP contribution is 2.38. The summed E-state index contributed by atoms with van der Waals surface area (Å²) in [5.41, 5.74) is 4.24. The second kappa shape index (κ2) is 15.0. The average molecular weight is 608 g/mol. The smallest absolute Gasteiger partial charge is 0.343 e. The average Bonchev–Trinajstić information content (AvgIpc) is 3.37. The predicted molar refractivity (Wildman–Crippen MR) is 161 cm³/mol. The van der Waals surface area contributed by atoms with Gasteiger partial charge in [-0.3, -0.25) is 9.59 Å². The van der Waals surface area contributed by atoms with Gasteiger partial charge < -0.3 is 24.3 Å². The van der Waals surface area contributed by atoms with Gasteiger partial charge in [0.05, 0.1) is 37.2 Å². The Morgan fingerprint density at radius 1 is 0.860 bits per heavy atom. The number of rotatable bonds is 11. The van der Waals surface area contributed by atoms with Crippen LogP contribution >= 0.6 is 11.3 Å². The van der Waals surface area contributed by atoms with Crippen molar-refractivity contribution in [2.75, 3.05) is 25.1 Å². The number of anilines is 1. The normalized spacial score (nSPS) is 12.3. The Hall–Kier alpha value is -4.71. The van der Waals surface area contributed by atoms with Crippen LogP contribution in [0.4, 0.5) is 5.00 Å². The molecule has 11 nitrogen and oxygen atoms in total. The molecule has 2 aromatic carbocycles. The molecule has 3 aromatic rings. The molecule has 0 radical (unpaired) electrons. The molecule has 1 aliphatic rings. The van der Waals surface area contributed by atoms with E-state index in [9.17, 15) is 19.2 Å². The predicted octanol–water partition coefficient (Wildman–Crippen LogP) is 4.91. The van der Waals surface area contributed by atoms with Crippen molar-refractivity contribution in [3.8, 4) is 17.2 Å². The first kappa shape index (κ1) is 31.2. The fraction of sp³-hybridized carbons (Fsp3) is 0.323. The van der Waals surface area contributed by atoms with E-state index in [1.165, 1.54) is 17.6 Å². The first-order valence-corrected chi connectivity index (χ1v) is 14.8. The summed E-state index contributed by atoms with van der Waals surface area (Å²) in [4.78, 5) is 51.4. The van der Waals surface area contributed by atoms with E-state index in [0.717, 1.165) is 36.1 Å². The lowest BCUT2D eigenvalue weighted by Gasteiger charge is -2.12.